The molecule has 9 nitrogen and oxygen atoms in total. The zero-order valence-electron chi connectivity index (χ0n) is 20.9. The van der Waals surface area contributed by atoms with E-state index < -0.39 is 44.3 Å². The normalized spacial score (nSPS) is 21.7. The summed E-state index contributed by atoms with van der Waals surface area (Å²) in [6.45, 7) is 10.2. The topological polar surface area (TPSA) is 146 Å². The third-order valence-electron chi connectivity index (χ3n) is 6.31. The molecule has 0 aromatic heterocycles. The Labute approximate surface area is 207 Å². The number of carbonyl (C=O) groups excluding carboxylic acids is 1. The maximum Gasteiger partial charge on any atom is 0.261 e. The monoisotopic (exact) mass is 497 g/mol. The number of rotatable bonds is 9. The SMILES string of the molecule is CC1(C)O[C@@H]([C@H](N)[C@H](N=[N+]=[N-])C(N)=O)[C@@H](CO[Si](c2ccccc2)(c2ccccc2)C(C)(C)C)O1. The van der Waals surface area contributed by atoms with Crippen LogP contribution in [0.1, 0.15) is 34.6 Å². The van der Waals surface area contributed by atoms with E-state index in [1.54, 1.807) is 13.8 Å². The first-order chi connectivity index (χ1) is 16.4. The van der Waals surface area contributed by atoms with Crippen molar-refractivity contribution in [3.63, 3.8) is 0 Å². The van der Waals surface area contributed by atoms with Crippen LogP contribution in [0.5, 0.6) is 0 Å². The summed E-state index contributed by atoms with van der Waals surface area (Å²) in [5.41, 5.74) is 20.7. The lowest BCUT2D eigenvalue weighted by atomic mass is 9.99. The third kappa shape index (κ3) is 5.59. The number of ether oxygens (including phenoxy) is 2. The van der Waals surface area contributed by atoms with Crippen molar-refractivity contribution in [1.82, 2.24) is 0 Å². The van der Waals surface area contributed by atoms with E-state index in [0.717, 1.165) is 10.4 Å². The number of primary amides is 1. The number of hydrogen-bond acceptors (Lipinski definition) is 6. The summed E-state index contributed by atoms with van der Waals surface area (Å²) in [5, 5.41) is 5.53. The maximum atomic E-state index is 11.9. The van der Waals surface area contributed by atoms with Crippen LogP contribution in [0, 0.1) is 0 Å². The van der Waals surface area contributed by atoms with Gasteiger partial charge >= 0.3 is 0 Å². The van der Waals surface area contributed by atoms with Crippen molar-refractivity contribution in [2.45, 2.75) is 69.7 Å². The number of hydrogen-bond donors (Lipinski definition) is 2. The van der Waals surface area contributed by atoms with Gasteiger partial charge in [0.05, 0.1) is 12.6 Å². The first kappa shape index (κ1) is 26.9. The van der Waals surface area contributed by atoms with Crippen molar-refractivity contribution >= 4 is 24.6 Å². The Bertz CT molecular complexity index is 1010. The molecule has 188 valence electrons. The van der Waals surface area contributed by atoms with E-state index in [2.05, 4.69) is 55.1 Å². The lowest BCUT2D eigenvalue weighted by Gasteiger charge is -2.43. The highest BCUT2D eigenvalue weighted by atomic mass is 28.4. The van der Waals surface area contributed by atoms with Crippen LogP contribution in [0.25, 0.3) is 10.4 Å². The second kappa shape index (κ2) is 10.5. The molecule has 4 N–H and O–H groups in total. The highest BCUT2D eigenvalue weighted by Gasteiger charge is 2.53. The van der Waals surface area contributed by atoms with Gasteiger partial charge in [0.1, 0.15) is 18.2 Å². The molecule has 0 spiro atoms. The fraction of sp³-hybridized carbons (Fsp3) is 0.480. The van der Waals surface area contributed by atoms with Crippen molar-refractivity contribution in [2.75, 3.05) is 6.61 Å². The Hall–Kier alpha value is -2.72. The number of benzene rings is 2. The van der Waals surface area contributed by atoms with Crippen LogP contribution in [0.3, 0.4) is 0 Å². The van der Waals surface area contributed by atoms with Gasteiger partial charge in [-0.15, -0.1) is 0 Å². The van der Waals surface area contributed by atoms with Gasteiger partial charge in [-0.1, -0.05) is 86.5 Å². The second-order valence-electron chi connectivity index (χ2n) is 10.2. The maximum absolute atomic E-state index is 11.9. The van der Waals surface area contributed by atoms with Crippen molar-refractivity contribution in [2.24, 2.45) is 16.6 Å². The van der Waals surface area contributed by atoms with Gasteiger partial charge in [0.25, 0.3) is 8.32 Å². The molecule has 2 aromatic rings. The Kier molecular flexibility index (Phi) is 8.06. The molecule has 1 aliphatic heterocycles. The molecule has 1 amide bonds. The molecule has 1 saturated heterocycles. The highest BCUT2D eigenvalue weighted by Crippen LogP contribution is 2.38. The van der Waals surface area contributed by atoms with Gasteiger partial charge in [0.2, 0.25) is 5.91 Å². The molecule has 2 aromatic carbocycles. The van der Waals surface area contributed by atoms with Gasteiger partial charge in [0, 0.05) is 4.91 Å². The minimum Gasteiger partial charge on any atom is -0.405 e. The Balaban J connectivity index is 2.02. The molecule has 0 radical (unpaired) electrons. The minimum absolute atomic E-state index is 0.164. The van der Waals surface area contributed by atoms with E-state index >= 15 is 0 Å². The van der Waals surface area contributed by atoms with Crippen molar-refractivity contribution in [1.29, 1.82) is 0 Å². The largest absolute Gasteiger partial charge is 0.405 e. The summed E-state index contributed by atoms with van der Waals surface area (Å²) >= 11 is 0. The second-order valence-corrected chi connectivity index (χ2v) is 14.5. The lowest BCUT2D eigenvalue weighted by molar-refractivity contribution is -0.151. The van der Waals surface area contributed by atoms with Gasteiger partial charge in [0.15, 0.2) is 5.79 Å². The van der Waals surface area contributed by atoms with Crippen LogP contribution in [-0.2, 0) is 18.7 Å². The first-order valence-electron chi connectivity index (χ1n) is 11.6. The van der Waals surface area contributed by atoms with Gasteiger partial charge < -0.3 is 25.4 Å². The molecule has 35 heavy (non-hydrogen) atoms. The van der Waals surface area contributed by atoms with E-state index in [9.17, 15) is 4.79 Å². The van der Waals surface area contributed by atoms with Gasteiger partial charge in [-0.3, -0.25) is 4.79 Å². The molecular formula is C25H35N5O4Si. The van der Waals surface area contributed by atoms with Gasteiger partial charge in [-0.2, -0.15) is 0 Å². The lowest BCUT2D eigenvalue weighted by Crippen LogP contribution is -2.67. The fourth-order valence-corrected chi connectivity index (χ4v) is 9.42. The Morgan fingerprint density at radius 3 is 2.06 bits per heavy atom. The van der Waals surface area contributed by atoms with Crippen LogP contribution >= 0.6 is 0 Å². The third-order valence-corrected chi connectivity index (χ3v) is 11.3. The van der Waals surface area contributed by atoms with Gasteiger partial charge in [-0.05, 0) is 34.8 Å². The quantitative estimate of drug-likeness (QED) is 0.237. The van der Waals surface area contributed by atoms with E-state index in [0.29, 0.717) is 0 Å². The van der Waals surface area contributed by atoms with Crippen molar-refractivity contribution < 1.29 is 18.7 Å². The Morgan fingerprint density at radius 1 is 1.11 bits per heavy atom. The van der Waals surface area contributed by atoms with Crippen LogP contribution in [0.2, 0.25) is 5.04 Å². The fourth-order valence-electron chi connectivity index (χ4n) is 4.85. The van der Waals surface area contributed by atoms with Crippen LogP contribution < -0.4 is 21.8 Å². The van der Waals surface area contributed by atoms with E-state index in [1.165, 1.54) is 0 Å². The number of nitrogens with two attached hydrogens (primary N) is 2. The number of nitrogens with zero attached hydrogens (tertiary/aromatic N) is 3. The molecule has 1 aliphatic rings. The van der Waals surface area contributed by atoms with Gasteiger partial charge in [-0.25, -0.2) is 0 Å². The predicted octanol–water partition coefficient (Wildman–Crippen LogP) is 2.57. The molecule has 3 rings (SSSR count). The molecule has 0 saturated carbocycles. The van der Waals surface area contributed by atoms with E-state index in [-0.39, 0.29) is 11.6 Å². The minimum atomic E-state index is -2.84. The summed E-state index contributed by atoms with van der Waals surface area (Å²) in [6.07, 6.45) is -1.39. The van der Waals surface area contributed by atoms with E-state index in [4.69, 9.17) is 30.9 Å². The molecule has 0 bridgehead atoms. The van der Waals surface area contributed by atoms with Crippen LogP contribution in [-0.4, -0.2) is 50.9 Å². The molecule has 0 unspecified atom stereocenters. The van der Waals surface area contributed by atoms with Crippen molar-refractivity contribution in [3.05, 3.63) is 71.1 Å². The standard InChI is InChI=1S/C25H35N5O4Si/c1-24(2,3)35(17-12-8-6-9-13-17,18-14-10-7-11-15-18)32-16-19-22(34-25(4,5)33-19)20(26)21(23(27)31)29-30-28/h6-15,19-22H,16,26H2,1-5H3,(H2,27,31)/t19-,20-,21+,22-/m1/s1. The molecule has 1 fully saturated rings. The molecule has 4 atom stereocenters. The first-order valence-corrected chi connectivity index (χ1v) is 13.5. The molecule has 1 heterocycles. The summed E-state index contributed by atoms with van der Waals surface area (Å²) in [6, 6.07) is 18.2. The zero-order valence-corrected chi connectivity index (χ0v) is 21.9. The zero-order chi connectivity index (χ0) is 25.9. The molecule has 10 heteroatoms. The highest BCUT2D eigenvalue weighted by molar-refractivity contribution is 6.99. The summed E-state index contributed by atoms with van der Waals surface area (Å²) in [5.74, 6) is -1.80. The average molecular weight is 498 g/mol. The number of carbonyl (C=O) groups is 1. The van der Waals surface area contributed by atoms with Crippen molar-refractivity contribution in [3.8, 4) is 0 Å². The number of amides is 1. The van der Waals surface area contributed by atoms with Crippen LogP contribution in [0.15, 0.2) is 65.8 Å². The smallest absolute Gasteiger partial charge is 0.261 e. The Morgan fingerprint density at radius 2 is 1.63 bits per heavy atom. The molecular weight excluding hydrogens is 462 g/mol. The summed E-state index contributed by atoms with van der Waals surface area (Å²) in [4.78, 5) is 14.7. The number of azide groups is 1. The average Bonchev–Trinajstić information content (AvgIpc) is 3.12. The summed E-state index contributed by atoms with van der Waals surface area (Å²) in [7, 11) is -2.84. The summed E-state index contributed by atoms with van der Waals surface area (Å²) < 4.78 is 19.2. The molecule has 0 aliphatic carbocycles. The van der Waals surface area contributed by atoms with E-state index in [1.807, 2.05) is 36.4 Å². The predicted molar refractivity (Wildman–Crippen MR) is 138 cm³/mol. The van der Waals surface area contributed by atoms with Crippen LogP contribution in [0.4, 0.5) is 0 Å².